The third kappa shape index (κ3) is 3.69. The monoisotopic (exact) mass is 374 g/mol. The summed E-state index contributed by atoms with van der Waals surface area (Å²) in [5, 5.41) is 9.30. The summed E-state index contributed by atoms with van der Waals surface area (Å²) in [4.78, 5) is 19.8. The van der Waals surface area contributed by atoms with Crippen molar-refractivity contribution in [2.24, 2.45) is 0 Å². The van der Waals surface area contributed by atoms with Gasteiger partial charge in [0.2, 0.25) is 0 Å². The molecule has 0 bridgehead atoms. The van der Waals surface area contributed by atoms with Crippen molar-refractivity contribution in [3.05, 3.63) is 27.7 Å². The average Bonchev–Trinajstić information content (AvgIpc) is 2.84. The smallest absolute Gasteiger partial charge is 0.262 e. The summed E-state index contributed by atoms with van der Waals surface area (Å²) in [6.07, 6.45) is 3.69. The predicted octanol–water partition coefficient (Wildman–Crippen LogP) is 1.74. The minimum absolute atomic E-state index is 0. The van der Waals surface area contributed by atoms with Crippen LogP contribution in [0.5, 0.6) is 0 Å². The largest absolute Gasteiger partial charge is 0.662 e. The number of hydrogen-bond acceptors (Lipinski definition) is 3. The normalized spacial score (nSPS) is 18.6. The van der Waals surface area contributed by atoms with Crippen LogP contribution in [0.3, 0.4) is 0 Å². The molecule has 1 saturated heterocycles. The molecule has 1 atom stereocenters. The summed E-state index contributed by atoms with van der Waals surface area (Å²) in [7, 11) is 0. The molecule has 2 aromatic heterocycles. The van der Waals surface area contributed by atoms with E-state index in [0.717, 1.165) is 31.8 Å². The Morgan fingerprint density at radius 1 is 1.41 bits per heavy atom. The Bertz CT molecular complexity index is 685. The number of aromatic amines is 1. The van der Waals surface area contributed by atoms with Crippen LogP contribution < -0.4 is 5.56 Å². The molecule has 2 aromatic rings. The standard InChI is InChI=1S/C14H20N5O.B.Y/c1-14(2,3)19-12-10(8-16-19)13(20)18-11(17-12)9-5-4-6-15-7-9;;/h8-9H,4-7H2,1-3H3,(H,17,18,20);;/q-1;;. The van der Waals surface area contributed by atoms with Crippen molar-refractivity contribution in [1.29, 1.82) is 0 Å². The van der Waals surface area contributed by atoms with E-state index < -0.39 is 0 Å². The molecular formula is C14H20BN5OY-. The molecular weight excluding hydrogens is 354 g/mol. The maximum atomic E-state index is 12.2. The van der Waals surface area contributed by atoms with Gasteiger partial charge in [0.1, 0.15) is 11.2 Å². The molecule has 1 N–H and O–H groups in total. The van der Waals surface area contributed by atoms with E-state index in [-0.39, 0.29) is 58.1 Å². The van der Waals surface area contributed by atoms with E-state index in [1.165, 1.54) is 0 Å². The van der Waals surface area contributed by atoms with E-state index in [0.29, 0.717) is 11.0 Å². The van der Waals surface area contributed by atoms with Crippen LogP contribution in [-0.2, 0) is 38.2 Å². The van der Waals surface area contributed by atoms with Gasteiger partial charge in [-0.15, -0.1) is 13.1 Å². The van der Waals surface area contributed by atoms with E-state index in [9.17, 15) is 4.79 Å². The van der Waals surface area contributed by atoms with Crippen LogP contribution in [0.15, 0.2) is 11.0 Å². The number of fused-ring (bicyclic) bond motifs is 1. The Morgan fingerprint density at radius 2 is 2.14 bits per heavy atom. The van der Waals surface area contributed by atoms with Crippen molar-refractivity contribution >= 4 is 19.4 Å². The van der Waals surface area contributed by atoms with E-state index in [2.05, 4.69) is 41.2 Å². The van der Waals surface area contributed by atoms with Crippen molar-refractivity contribution in [3.8, 4) is 0 Å². The number of rotatable bonds is 1. The summed E-state index contributed by atoms with van der Waals surface area (Å²) in [5.41, 5.74) is 0.365. The topological polar surface area (TPSA) is 77.7 Å². The molecule has 114 valence electrons. The van der Waals surface area contributed by atoms with Gasteiger partial charge >= 0.3 is 0 Å². The predicted molar refractivity (Wildman–Crippen MR) is 84.0 cm³/mol. The first-order valence-electron chi connectivity index (χ1n) is 7.08. The molecule has 3 heterocycles. The van der Waals surface area contributed by atoms with E-state index >= 15 is 0 Å². The third-order valence-corrected chi connectivity index (χ3v) is 3.70. The molecule has 3 rings (SSSR count). The summed E-state index contributed by atoms with van der Waals surface area (Å²) >= 11 is 0. The minimum atomic E-state index is -0.198. The summed E-state index contributed by atoms with van der Waals surface area (Å²) in [6.45, 7) is 7.83. The Labute approximate surface area is 157 Å². The Morgan fingerprint density at radius 3 is 2.73 bits per heavy atom. The van der Waals surface area contributed by atoms with Crippen LogP contribution in [0.4, 0.5) is 0 Å². The van der Waals surface area contributed by atoms with Gasteiger partial charge in [0.05, 0.1) is 11.7 Å². The van der Waals surface area contributed by atoms with Crippen LogP contribution in [0.25, 0.3) is 16.4 Å². The van der Waals surface area contributed by atoms with Crippen molar-refractivity contribution in [2.45, 2.75) is 45.1 Å². The molecule has 0 aromatic carbocycles. The first kappa shape index (κ1) is 19.5. The van der Waals surface area contributed by atoms with Crippen LogP contribution in [0.1, 0.15) is 45.4 Å². The molecule has 4 radical (unpaired) electrons. The van der Waals surface area contributed by atoms with Crippen LogP contribution >= 0.6 is 0 Å². The van der Waals surface area contributed by atoms with Crippen LogP contribution in [0.2, 0.25) is 0 Å². The van der Waals surface area contributed by atoms with Gasteiger partial charge in [0.15, 0.2) is 5.65 Å². The summed E-state index contributed by atoms with van der Waals surface area (Å²) < 4.78 is 1.82. The molecule has 1 aliphatic rings. The number of hydrogen-bond donors (Lipinski definition) is 1. The second-order valence-corrected chi connectivity index (χ2v) is 6.38. The first-order valence-corrected chi connectivity index (χ1v) is 7.08. The Kier molecular flexibility index (Phi) is 6.54. The third-order valence-electron chi connectivity index (χ3n) is 3.70. The zero-order chi connectivity index (χ0) is 14.3. The van der Waals surface area contributed by atoms with Gasteiger partial charge in [-0.2, -0.15) is 5.10 Å². The summed E-state index contributed by atoms with van der Waals surface area (Å²) in [5.74, 6) is 0.973. The summed E-state index contributed by atoms with van der Waals surface area (Å²) in [6, 6.07) is 0. The zero-order valence-electron chi connectivity index (χ0n) is 13.3. The number of piperidine rings is 1. The van der Waals surface area contributed by atoms with Gasteiger partial charge in [-0.25, -0.2) is 9.67 Å². The van der Waals surface area contributed by atoms with Gasteiger partial charge in [-0.05, 0) is 33.1 Å². The van der Waals surface area contributed by atoms with Gasteiger partial charge in [0, 0.05) is 41.1 Å². The maximum Gasteiger partial charge on any atom is 0.262 e. The van der Waals surface area contributed by atoms with Crippen LogP contribution in [0, 0.1) is 0 Å². The fraction of sp³-hybridized carbons (Fsp3) is 0.643. The fourth-order valence-electron chi connectivity index (χ4n) is 2.63. The quantitative estimate of drug-likeness (QED) is 0.773. The molecule has 8 heteroatoms. The first-order chi connectivity index (χ1) is 9.47. The molecule has 1 fully saturated rings. The van der Waals surface area contributed by atoms with Gasteiger partial charge in [-0.3, -0.25) is 4.79 Å². The minimum Gasteiger partial charge on any atom is -0.662 e. The maximum absolute atomic E-state index is 12.2. The average molecular weight is 374 g/mol. The van der Waals surface area contributed by atoms with Crippen molar-refractivity contribution in [2.75, 3.05) is 13.1 Å². The molecule has 0 spiro atoms. The Balaban J connectivity index is 0.00000121. The molecule has 1 unspecified atom stereocenters. The molecule has 6 nitrogen and oxygen atoms in total. The van der Waals surface area contributed by atoms with Crippen molar-refractivity contribution < 1.29 is 32.7 Å². The van der Waals surface area contributed by atoms with E-state index in [1.807, 2.05) is 4.68 Å². The van der Waals surface area contributed by atoms with Gasteiger partial charge in [-0.1, -0.05) is 6.42 Å². The molecule has 1 aliphatic heterocycles. The van der Waals surface area contributed by atoms with Crippen molar-refractivity contribution in [3.63, 3.8) is 0 Å². The zero-order valence-corrected chi connectivity index (χ0v) is 16.2. The molecule has 0 saturated carbocycles. The van der Waals surface area contributed by atoms with E-state index in [1.54, 1.807) is 6.20 Å². The molecule has 0 aliphatic carbocycles. The van der Waals surface area contributed by atoms with Gasteiger partial charge < -0.3 is 10.3 Å². The van der Waals surface area contributed by atoms with Crippen molar-refractivity contribution in [1.82, 2.24) is 19.7 Å². The SMILES string of the molecule is CC(C)(C)n1ncc2c(=O)[nH]c(C3CCC[N-]C3)nc21.[B].[Y]. The second-order valence-electron chi connectivity index (χ2n) is 6.38. The second kappa shape index (κ2) is 7.37. The number of H-pyrrole nitrogens is 1. The van der Waals surface area contributed by atoms with E-state index in [4.69, 9.17) is 0 Å². The number of aromatic nitrogens is 4. The molecule has 0 amide bonds. The van der Waals surface area contributed by atoms with Crippen LogP contribution in [-0.4, -0.2) is 41.3 Å². The molecule has 22 heavy (non-hydrogen) atoms. The van der Waals surface area contributed by atoms with Gasteiger partial charge in [0.25, 0.3) is 5.56 Å². The fourth-order valence-corrected chi connectivity index (χ4v) is 2.63. The number of nitrogens with one attached hydrogen (secondary N) is 1. The Hall–Kier alpha value is -0.521. The number of nitrogens with zero attached hydrogens (tertiary/aromatic N) is 4.